The standard InChI is InChI=1S/C18H23ClN4OS/c1-2-20-18(23-13-14-7-3-4-8-15(14)19)22-11-6-10-21-17(24)16-9-5-12-25-16/h3-5,7-9,12H,2,6,10-11,13H2,1H3,(H,21,24)(H2,20,22,23). The van der Waals surface area contributed by atoms with Gasteiger partial charge in [0.1, 0.15) is 0 Å². The third kappa shape index (κ3) is 6.76. The predicted octanol–water partition coefficient (Wildman–Crippen LogP) is 3.28. The maximum Gasteiger partial charge on any atom is 0.261 e. The minimum Gasteiger partial charge on any atom is -0.357 e. The van der Waals surface area contributed by atoms with Gasteiger partial charge in [-0.25, -0.2) is 4.99 Å². The van der Waals surface area contributed by atoms with E-state index in [2.05, 4.69) is 20.9 Å². The highest BCUT2D eigenvalue weighted by Gasteiger charge is 2.05. The van der Waals surface area contributed by atoms with E-state index >= 15 is 0 Å². The highest BCUT2D eigenvalue weighted by molar-refractivity contribution is 7.12. The van der Waals surface area contributed by atoms with Crippen LogP contribution in [0.5, 0.6) is 0 Å². The highest BCUT2D eigenvalue weighted by Crippen LogP contribution is 2.15. The first-order valence-electron chi connectivity index (χ1n) is 8.28. The average molecular weight is 379 g/mol. The number of hydrogen-bond acceptors (Lipinski definition) is 3. The molecule has 0 fully saturated rings. The minimum absolute atomic E-state index is 0.0192. The number of nitrogens with zero attached hydrogens (tertiary/aromatic N) is 1. The summed E-state index contributed by atoms with van der Waals surface area (Å²) in [5.41, 5.74) is 0.990. The summed E-state index contributed by atoms with van der Waals surface area (Å²) in [7, 11) is 0. The van der Waals surface area contributed by atoms with Gasteiger partial charge in [0.05, 0.1) is 11.4 Å². The van der Waals surface area contributed by atoms with Gasteiger partial charge < -0.3 is 16.0 Å². The van der Waals surface area contributed by atoms with Crippen LogP contribution in [0.2, 0.25) is 5.02 Å². The van der Waals surface area contributed by atoms with Crippen LogP contribution in [-0.2, 0) is 6.54 Å². The van der Waals surface area contributed by atoms with E-state index in [1.54, 1.807) is 0 Å². The average Bonchev–Trinajstić information content (AvgIpc) is 3.15. The molecule has 134 valence electrons. The Bertz CT molecular complexity index is 688. The van der Waals surface area contributed by atoms with Gasteiger partial charge in [-0.05, 0) is 36.4 Å². The van der Waals surface area contributed by atoms with Crippen LogP contribution in [-0.4, -0.2) is 31.5 Å². The second-order valence-corrected chi connectivity index (χ2v) is 6.66. The summed E-state index contributed by atoms with van der Waals surface area (Å²) >= 11 is 7.60. The molecule has 0 atom stereocenters. The molecule has 1 heterocycles. The molecule has 0 aliphatic heterocycles. The Hall–Kier alpha value is -2.05. The highest BCUT2D eigenvalue weighted by atomic mass is 35.5. The zero-order chi connectivity index (χ0) is 17.9. The van der Waals surface area contributed by atoms with Gasteiger partial charge in [0, 0.05) is 24.7 Å². The third-order valence-corrected chi connectivity index (χ3v) is 4.62. The number of carbonyl (C=O) groups is 1. The van der Waals surface area contributed by atoms with Crippen molar-refractivity contribution in [1.29, 1.82) is 0 Å². The first-order chi connectivity index (χ1) is 12.2. The fraction of sp³-hybridized carbons (Fsp3) is 0.333. The Kier molecular flexibility index (Phi) is 8.28. The summed E-state index contributed by atoms with van der Waals surface area (Å²) in [6.07, 6.45) is 0.813. The van der Waals surface area contributed by atoms with Gasteiger partial charge in [-0.3, -0.25) is 4.79 Å². The van der Waals surface area contributed by atoms with Crippen molar-refractivity contribution in [3.8, 4) is 0 Å². The molecule has 2 rings (SSSR count). The molecule has 0 aliphatic carbocycles. The van der Waals surface area contributed by atoms with Gasteiger partial charge in [0.15, 0.2) is 5.96 Å². The number of carbonyl (C=O) groups excluding carboxylic acids is 1. The van der Waals surface area contributed by atoms with Crippen molar-refractivity contribution in [2.75, 3.05) is 19.6 Å². The molecule has 25 heavy (non-hydrogen) atoms. The van der Waals surface area contributed by atoms with Crippen molar-refractivity contribution < 1.29 is 4.79 Å². The van der Waals surface area contributed by atoms with E-state index in [0.29, 0.717) is 13.1 Å². The maximum atomic E-state index is 11.8. The van der Waals surface area contributed by atoms with Gasteiger partial charge >= 0.3 is 0 Å². The molecule has 0 aliphatic rings. The number of guanidine groups is 1. The lowest BCUT2D eigenvalue weighted by Gasteiger charge is -2.11. The molecule has 0 saturated carbocycles. The molecule has 2 aromatic rings. The molecule has 0 radical (unpaired) electrons. The molecule has 1 aromatic carbocycles. The number of halogens is 1. The summed E-state index contributed by atoms with van der Waals surface area (Å²) < 4.78 is 0. The van der Waals surface area contributed by atoms with Gasteiger partial charge in [-0.2, -0.15) is 0 Å². The molecular formula is C18H23ClN4OS. The van der Waals surface area contributed by atoms with Crippen LogP contribution in [0, 0.1) is 0 Å². The lowest BCUT2D eigenvalue weighted by molar-refractivity contribution is 0.0957. The van der Waals surface area contributed by atoms with Crippen molar-refractivity contribution in [3.63, 3.8) is 0 Å². The molecule has 1 amide bonds. The fourth-order valence-corrected chi connectivity index (χ4v) is 2.96. The Balaban J connectivity index is 1.73. The third-order valence-electron chi connectivity index (χ3n) is 3.39. The van der Waals surface area contributed by atoms with Gasteiger partial charge in [-0.15, -0.1) is 11.3 Å². The summed E-state index contributed by atoms with van der Waals surface area (Å²) in [6, 6.07) is 11.4. The Morgan fingerprint density at radius 2 is 1.92 bits per heavy atom. The molecule has 3 N–H and O–H groups in total. The number of amides is 1. The quantitative estimate of drug-likeness (QED) is 0.375. The number of nitrogens with one attached hydrogen (secondary N) is 3. The van der Waals surface area contributed by atoms with Crippen LogP contribution < -0.4 is 16.0 Å². The molecular weight excluding hydrogens is 356 g/mol. The molecule has 1 aromatic heterocycles. The van der Waals surface area contributed by atoms with Crippen molar-refractivity contribution in [1.82, 2.24) is 16.0 Å². The van der Waals surface area contributed by atoms with E-state index < -0.39 is 0 Å². The summed E-state index contributed by atoms with van der Waals surface area (Å²) in [5.74, 6) is 0.723. The lowest BCUT2D eigenvalue weighted by Crippen LogP contribution is -2.38. The van der Waals surface area contributed by atoms with Gasteiger partial charge in [0.25, 0.3) is 5.91 Å². The van der Waals surface area contributed by atoms with E-state index in [-0.39, 0.29) is 5.91 Å². The summed E-state index contributed by atoms with van der Waals surface area (Å²) in [6.45, 7) is 4.66. The number of rotatable bonds is 8. The van der Waals surface area contributed by atoms with Crippen molar-refractivity contribution in [3.05, 3.63) is 57.2 Å². The molecule has 5 nitrogen and oxygen atoms in total. The largest absolute Gasteiger partial charge is 0.357 e. The number of aliphatic imine (C=N–C) groups is 1. The zero-order valence-electron chi connectivity index (χ0n) is 14.2. The number of thiophene rings is 1. The van der Waals surface area contributed by atoms with Gasteiger partial charge in [-0.1, -0.05) is 35.9 Å². The van der Waals surface area contributed by atoms with Crippen LogP contribution in [0.25, 0.3) is 0 Å². The molecule has 0 bridgehead atoms. The van der Waals surface area contributed by atoms with Crippen LogP contribution in [0.3, 0.4) is 0 Å². The summed E-state index contributed by atoms with van der Waals surface area (Å²) in [4.78, 5) is 17.1. The second kappa shape index (κ2) is 10.7. The number of hydrogen-bond donors (Lipinski definition) is 3. The van der Waals surface area contributed by atoms with Crippen LogP contribution in [0.1, 0.15) is 28.6 Å². The first-order valence-corrected chi connectivity index (χ1v) is 9.53. The van der Waals surface area contributed by atoms with E-state index in [1.807, 2.05) is 48.7 Å². The van der Waals surface area contributed by atoms with Crippen molar-refractivity contribution in [2.45, 2.75) is 19.9 Å². The Morgan fingerprint density at radius 1 is 1.12 bits per heavy atom. The van der Waals surface area contributed by atoms with Crippen molar-refractivity contribution in [2.24, 2.45) is 4.99 Å². The predicted molar refractivity (Wildman–Crippen MR) is 106 cm³/mol. The smallest absolute Gasteiger partial charge is 0.261 e. The lowest BCUT2D eigenvalue weighted by atomic mass is 10.2. The van der Waals surface area contributed by atoms with E-state index in [0.717, 1.165) is 40.9 Å². The van der Waals surface area contributed by atoms with E-state index in [9.17, 15) is 4.79 Å². The first kappa shape index (κ1) is 19.3. The van der Waals surface area contributed by atoms with E-state index in [4.69, 9.17) is 11.6 Å². The SMILES string of the molecule is CCNC(=NCc1ccccc1Cl)NCCCNC(=O)c1cccs1. The van der Waals surface area contributed by atoms with Crippen LogP contribution in [0.4, 0.5) is 0 Å². The van der Waals surface area contributed by atoms with E-state index in [1.165, 1.54) is 11.3 Å². The zero-order valence-corrected chi connectivity index (χ0v) is 15.8. The van der Waals surface area contributed by atoms with Crippen molar-refractivity contribution >= 4 is 34.8 Å². The Labute approximate surface area is 157 Å². The molecule has 7 heteroatoms. The Morgan fingerprint density at radius 3 is 2.64 bits per heavy atom. The number of benzene rings is 1. The van der Waals surface area contributed by atoms with Crippen LogP contribution in [0.15, 0.2) is 46.8 Å². The van der Waals surface area contributed by atoms with Gasteiger partial charge in [0.2, 0.25) is 0 Å². The normalized spacial score (nSPS) is 11.2. The summed E-state index contributed by atoms with van der Waals surface area (Å²) in [5, 5.41) is 12.0. The molecule has 0 saturated heterocycles. The molecule has 0 spiro atoms. The monoisotopic (exact) mass is 378 g/mol. The second-order valence-electron chi connectivity index (χ2n) is 5.30. The van der Waals surface area contributed by atoms with Crippen LogP contribution >= 0.6 is 22.9 Å². The topological polar surface area (TPSA) is 65.5 Å². The molecule has 0 unspecified atom stereocenters. The maximum absolute atomic E-state index is 11.8. The fourth-order valence-electron chi connectivity index (χ4n) is 2.12. The minimum atomic E-state index is -0.0192.